The molecule has 2 aliphatic rings. The molecule has 0 radical (unpaired) electrons. The SMILES string of the molecule is COc1cc2c(cc1OC)C(c1ccc(Br)cc1)N(C(=O)c1ccc3c(c1)S(=O)(=O)c1ccccc1C3=O)CC2. The van der Waals surface area contributed by atoms with Crippen LogP contribution in [0.15, 0.2) is 93.1 Å². The van der Waals surface area contributed by atoms with Crippen molar-refractivity contribution in [1.82, 2.24) is 4.90 Å². The molecule has 0 saturated carbocycles. The number of carbonyl (C=O) groups is 2. The number of sulfone groups is 1. The van der Waals surface area contributed by atoms with Gasteiger partial charge in [-0.3, -0.25) is 9.59 Å². The molecule has 202 valence electrons. The van der Waals surface area contributed by atoms with E-state index in [1.807, 2.05) is 36.4 Å². The second-order valence-corrected chi connectivity index (χ2v) is 12.5. The monoisotopic (exact) mass is 617 g/mol. The van der Waals surface area contributed by atoms with Crippen molar-refractivity contribution in [3.05, 3.63) is 117 Å². The molecular weight excluding hydrogens is 594 g/mol. The molecule has 0 aliphatic carbocycles. The molecule has 1 unspecified atom stereocenters. The first kappa shape index (κ1) is 26.3. The van der Waals surface area contributed by atoms with Crippen molar-refractivity contribution in [2.24, 2.45) is 0 Å². The van der Waals surface area contributed by atoms with Gasteiger partial charge in [0.1, 0.15) is 0 Å². The molecule has 0 spiro atoms. The van der Waals surface area contributed by atoms with Crippen molar-refractivity contribution in [3.63, 3.8) is 0 Å². The largest absolute Gasteiger partial charge is 0.493 e. The Bertz CT molecular complexity index is 1800. The van der Waals surface area contributed by atoms with Gasteiger partial charge < -0.3 is 14.4 Å². The number of methoxy groups -OCH3 is 2. The van der Waals surface area contributed by atoms with Gasteiger partial charge in [0, 0.05) is 27.7 Å². The lowest BCUT2D eigenvalue weighted by Gasteiger charge is -2.38. The fourth-order valence-corrected chi connectivity index (χ4v) is 7.49. The van der Waals surface area contributed by atoms with Gasteiger partial charge in [-0.2, -0.15) is 0 Å². The molecule has 0 aromatic heterocycles. The first-order chi connectivity index (χ1) is 19.2. The molecular formula is C31H24BrNO6S. The summed E-state index contributed by atoms with van der Waals surface area (Å²) < 4.78 is 39.0. The number of ketones is 1. The Kier molecular flexibility index (Phi) is 6.51. The van der Waals surface area contributed by atoms with E-state index in [9.17, 15) is 18.0 Å². The van der Waals surface area contributed by atoms with Crippen LogP contribution in [0.1, 0.15) is 49.0 Å². The van der Waals surface area contributed by atoms with E-state index in [1.54, 1.807) is 31.3 Å². The van der Waals surface area contributed by atoms with Crippen molar-refractivity contribution < 1.29 is 27.5 Å². The molecule has 4 aromatic rings. The zero-order valence-electron chi connectivity index (χ0n) is 21.7. The molecule has 0 saturated heterocycles. The zero-order valence-corrected chi connectivity index (χ0v) is 24.1. The molecule has 2 heterocycles. The average molecular weight is 619 g/mol. The van der Waals surface area contributed by atoms with Crippen LogP contribution in [-0.2, 0) is 16.3 Å². The third-order valence-corrected chi connectivity index (χ3v) is 9.88. The van der Waals surface area contributed by atoms with Crippen LogP contribution in [0.4, 0.5) is 0 Å². The van der Waals surface area contributed by atoms with Crippen LogP contribution in [0.25, 0.3) is 0 Å². The highest BCUT2D eigenvalue weighted by atomic mass is 79.9. The Hall–Kier alpha value is -3.95. The minimum absolute atomic E-state index is 0.0437. The molecule has 40 heavy (non-hydrogen) atoms. The quantitative estimate of drug-likeness (QED) is 0.260. The zero-order chi connectivity index (χ0) is 28.2. The summed E-state index contributed by atoms with van der Waals surface area (Å²) in [7, 11) is -0.831. The van der Waals surface area contributed by atoms with Gasteiger partial charge in [-0.15, -0.1) is 0 Å². The summed E-state index contributed by atoms with van der Waals surface area (Å²) in [5.41, 5.74) is 3.22. The number of fused-ring (bicyclic) bond motifs is 3. The van der Waals surface area contributed by atoms with E-state index in [4.69, 9.17) is 9.47 Å². The molecule has 7 nitrogen and oxygen atoms in total. The highest BCUT2D eigenvalue weighted by Crippen LogP contribution is 2.42. The Morgan fingerprint density at radius 1 is 0.875 bits per heavy atom. The predicted octanol–water partition coefficient (Wildman–Crippen LogP) is 5.63. The van der Waals surface area contributed by atoms with Crippen molar-refractivity contribution in [2.45, 2.75) is 22.3 Å². The van der Waals surface area contributed by atoms with Crippen LogP contribution in [0.5, 0.6) is 11.5 Å². The Balaban J connectivity index is 1.47. The van der Waals surface area contributed by atoms with E-state index in [0.717, 1.165) is 21.2 Å². The molecule has 2 aliphatic heterocycles. The second-order valence-electron chi connectivity index (χ2n) is 9.65. The number of ether oxygens (including phenoxy) is 2. The molecule has 6 rings (SSSR count). The normalized spacial score (nSPS) is 16.9. The van der Waals surface area contributed by atoms with Crippen molar-refractivity contribution in [2.75, 3.05) is 20.8 Å². The van der Waals surface area contributed by atoms with E-state index < -0.39 is 15.9 Å². The van der Waals surface area contributed by atoms with Crippen LogP contribution >= 0.6 is 15.9 Å². The Morgan fingerprint density at radius 3 is 2.27 bits per heavy atom. The van der Waals surface area contributed by atoms with Gasteiger partial charge in [-0.25, -0.2) is 8.42 Å². The fraction of sp³-hybridized carbons (Fsp3) is 0.161. The van der Waals surface area contributed by atoms with Crippen molar-refractivity contribution >= 4 is 37.5 Å². The predicted molar refractivity (Wildman–Crippen MR) is 152 cm³/mol. The lowest BCUT2D eigenvalue weighted by atomic mass is 9.87. The van der Waals surface area contributed by atoms with Crippen molar-refractivity contribution in [1.29, 1.82) is 0 Å². The van der Waals surface area contributed by atoms with Gasteiger partial charge in [0.25, 0.3) is 5.91 Å². The van der Waals surface area contributed by atoms with E-state index in [2.05, 4.69) is 15.9 Å². The molecule has 1 amide bonds. The third kappa shape index (κ3) is 4.12. The number of rotatable bonds is 4. The maximum absolute atomic E-state index is 14.1. The van der Waals surface area contributed by atoms with Crippen molar-refractivity contribution in [3.8, 4) is 11.5 Å². The van der Waals surface area contributed by atoms with Gasteiger partial charge in [0.15, 0.2) is 17.3 Å². The smallest absolute Gasteiger partial charge is 0.254 e. The van der Waals surface area contributed by atoms with Crippen LogP contribution in [0.3, 0.4) is 0 Å². The minimum Gasteiger partial charge on any atom is -0.493 e. The number of hydrogen-bond acceptors (Lipinski definition) is 6. The summed E-state index contributed by atoms with van der Waals surface area (Å²) in [5.74, 6) is 0.452. The summed E-state index contributed by atoms with van der Waals surface area (Å²) in [6.45, 7) is 0.396. The molecule has 0 bridgehead atoms. The summed E-state index contributed by atoms with van der Waals surface area (Å²) in [5, 5.41) is 0. The van der Waals surface area contributed by atoms with E-state index in [0.29, 0.717) is 24.5 Å². The summed E-state index contributed by atoms with van der Waals surface area (Å²) in [6, 6.07) is 21.6. The molecule has 9 heteroatoms. The van der Waals surface area contributed by atoms with E-state index in [-0.39, 0.29) is 38.2 Å². The molecule has 4 aromatic carbocycles. The molecule has 0 fully saturated rings. The first-order valence-electron chi connectivity index (χ1n) is 12.6. The number of nitrogens with zero attached hydrogens (tertiary/aromatic N) is 1. The van der Waals surface area contributed by atoms with Gasteiger partial charge in [0.05, 0.1) is 30.1 Å². The van der Waals surface area contributed by atoms with Crippen LogP contribution in [-0.4, -0.2) is 45.8 Å². The van der Waals surface area contributed by atoms with Crippen LogP contribution in [0.2, 0.25) is 0 Å². The summed E-state index contributed by atoms with van der Waals surface area (Å²) >= 11 is 3.48. The average Bonchev–Trinajstić information content (AvgIpc) is 2.98. The Morgan fingerprint density at radius 2 is 1.55 bits per heavy atom. The van der Waals surface area contributed by atoms with Gasteiger partial charge in [-0.1, -0.05) is 40.2 Å². The van der Waals surface area contributed by atoms with E-state index >= 15 is 0 Å². The summed E-state index contributed by atoms with van der Waals surface area (Å²) in [4.78, 5) is 28.8. The highest BCUT2D eigenvalue weighted by Gasteiger charge is 2.37. The number of carbonyl (C=O) groups excluding carboxylic acids is 2. The molecule has 0 N–H and O–H groups in total. The Labute approximate surface area is 240 Å². The number of amides is 1. The van der Waals surface area contributed by atoms with Gasteiger partial charge >= 0.3 is 0 Å². The second kappa shape index (κ2) is 9.91. The lowest BCUT2D eigenvalue weighted by molar-refractivity contribution is 0.0693. The standard InChI is InChI=1S/C31H24BrNO6S/c1-38-25-15-19-13-14-33(29(24(19)17-26(25)39-2)18-7-10-21(32)11-8-18)31(35)20-9-12-23-28(16-20)40(36,37)27-6-4-3-5-22(27)30(23)34/h3-12,15-17,29H,13-14H2,1-2H3. The highest BCUT2D eigenvalue weighted by molar-refractivity contribution is 9.10. The van der Waals surface area contributed by atoms with Gasteiger partial charge in [0.2, 0.25) is 9.84 Å². The lowest BCUT2D eigenvalue weighted by Crippen LogP contribution is -2.40. The molecule has 1 atom stereocenters. The fourth-order valence-electron chi connectivity index (χ4n) is 5.55. The number of benzene rings is 4. The van der Waals surface area contributed by atoms with Crippen LogP contribution < -0.4 is 9.47 Å². The van der Waals surface area contributed by atoms with Gasteiger partial charge in [-0.05, 0) is 77.7 Å². The number of hydrogen-bond donors (Lipinski definition) is 0. The summed E-state index contributed by atoms with van der Waals surface area (Å²) in [6.07, 6.45) is 0.573. The topological polar surface area (TPSA) is 90.0 Å². The minimum atomic E-state index is -3.98. The third-order valence-electron chi connectivity index (χ3n) is 7.50. The van der Waals surface area contributed by atoms with Crippen LogP contribution in [0, 0.1) is 0 Å². The maximum Gasteiger partial charge on any atom is 0.254 e. The maximum atomic E-state index is 14.1. The number of halogens is 1. The van der Waals surface area contributed by atoms with E-state index in [1.165, 1.54) is 30.3 Å². The first-order valence-corrected chi connectivity index (χ1v) is 14.9.